The van der Waals surface area contributed by atoms with Crippen LogP contribution < -0.4 is 5.32 Å². The topological polar surface area (TPSA) is 66.8 Å². The van der Waals surface area contributed by atoms with Gasteiger partial charge in [0.15, 0.2) is 5.82 Å². The molecule has 0 amide bonds. The fourth-order valence-corrected chi connectivity index (χ4v) is 4.24. The molecule has 1 atom stereocenters. The van der Waals surface area contributed by atoms with Gasteiger partial charge in [-0.1, -0.05) is 48.1 Å². The molecule has 0 spiro atoms. The van der Waals surface area contributed by atoms with E-state index in [1.54, 1.807) is 17.5 Å². The number of hydrogen-bond acceptors (Lipinski definition) is 7. The summed E-state index contributed by atoms with van der Waals surface area (Å²) >= 11 is 1.56. The molecule has 140 valence electrons. The molecule has 1 N–H and O–H groups in total. The van der Waals surface area contributed by atoms with Crippen molar-refractivity contribution in [2.45, 2.75) is 45.7 Å². The number of hydrogen-bond donors (Lipinski definition) is 1. The molecule has 3 heterocycles. The zero-order chi connectivity index (χ0) is 18.6. The van der Waals surface area contributed by atoms with E-state index in [2.05, 4.69) is 63.5 Å². The van der Waals surface area contributed by atoms with Gasteiger partial charge in [-0.3, -0.25) is 9.88 Å². The minimum absolute atomic E-state index is 0.306. The van der Waals surface area contributed by atoms with Gasteiger partial charge in [-0.2, -0.15) is 0 Å². The van der Waals surface area contributed by atoms with Crippen LogP contribution in [0.3, 0.4) is 0 Å². The summed E-state index contributed by atoms with van der Waals surface area (Å²) in [4.78, 5) is 11.7. The second kappa shape index (κ2) is 8.10. The summed E-state index contributed by atoms with van der Waals surface area (Å²) in [5.41, 5.74) is 3.67. The Kier molecular flexibility index (Phi) is 5.40. The number of aromatic nitrogens is 4. The number of nitrogens with one attached hydrogen (secondary N) is 1. The van der Waals surface area contributed by atoms with Crippen molar-refractivity contribution in [1.29, 1.82) is 0 Å². The second-order valence-electron chi connectivity index (χ2n) is 6.93. The standard InChI is InChI=1S/C20H24N6S/c1-3-19-24-25-20(27-19)23-18-12-21-11-16(22-18)17-8-5-9-26(17)13-15-7-4-6-14(2)10-15/h4,6-7,10-12,17H,3,5,8-9,13H2,1-2H3,(H,22,23,25). The molecule has 0 radical (unpaired) electrons. The summed E-state index contributed by atoms with van der Waals surface area (Å²) in [5.74, 6) is 0.730. The Labute approximate surface area is 163 Å². The van der Waals surface area contributed by atoms with Crippen LogP contribution in [0.5, 0.6) is 0 Å². The normalized spacial score (nSPS) is 17.3. The van der Waals surface area contributed by atoms with Crippen molar-refractivity contribution < 1.29 is 0 Å². The Morgan fingerprint density at radius 1 is 1.26 bits per heavy atom. The molecule has 1 aliphatic rings. The van der Waals surface area contributed by atoms with Crippen molar-refractivity contribution in [3.8, 4) is 0 Å². The van der Waals surface area contributed by atoms with Gasteiger partial charge in [0.2, 0.25) is 5.13 Å². The number of nitrogens with zero attached hydrogens (tertiary/aromatic N) is 5. The van der Waals surface area contributed by atoms with Gasteiger partial charge in [-0.15, -0.1) is 10.2 Å². The minimum Gasteiger partial charge on any atom is -0.313 e. The van der Waals surface area contributed by atoms with Crippen molar-refractivity contribution in [1.82, 2.24) is 25.1 Å². The third-order valence-electron chi connectivity index (χ3n) is 4.83. The quantitative estimate of drug-likeness (QED) is 0.688. The van der Waals surface area contributed by atoms with Crippen LogP contribution >= 0.6 is 11.3 Å². The Bertz CT molecular complexity index is 909. The molecule has 1 saturated heterocycles. The average Bonchev–Trinajstić information content (AvgIpc) is 3.31. The molecule has 1 fully saturated rings. The molecular formula is C20H24N6S. The van der Waals surface area contributed by atoms with Gasteiger partial charge in [0, 0.05) is 6.54 Å². The summed E-state index contributed by atoms with van der Waals surface area (Å²) in [7, 11) is 0. The van der Waals surface area contributed by atoms with Crippen LogP contribution in [0.25, 0.3) is 0 Å². The predicted octanol–water partition coefficient (Wildman–Crippen LogP) is 4.28. The number of rotatable bonds is 6. The molecule has 1 aliphatic heterocycles. The molecule has 4 rings (SSSR count). The van der Waals surface area contributed by atoms with Crippen LogP contribution in [0.2, 0.25) is 0 Å². The van der Waals surface area contributed by atoms with E-state index < -0.39 is 0 Å². The van der Waals surface area contributed by atoms with Crippen LogP contribution in [0.4, 0.5) is 10.9 Å². The number of aryl methyl sites for hydroxylation is 2. The molecule has 0 saturated carbocycles. The van der Waals surface area contributed by atoms with Gasteiger partial charge in [-0.25, -0.2) is 4.98 Å². The lowest BCUT2D eigenvalue weighted by Gasteiger charge is -2.24. The van der Waals surface area contributed by atoms with Crippen LogP contribution in [-0.2, 0) is 13.0 Å². The van der Waals surface area contributed by atoms with E-state index in [4.69, 9.17) is 4.98 Å². The summed E-state index contributed by atoms with van der Waals surface area (Å²) in [5, 5.41) is 13.3. The minimum atomic E-state index is 0.306. The maximum atomic E-state index is 4.82. The van der Waals surface area contributed by atoms with E-state index in [1.807, 2.05) is 6.20 Å². The van der Waals surface area contributed by atoms with Gasteiger partial charge >= 0.3 is 0 Å². The summed E-state index contributed by atoms with van der Waals surface area (Å²) in [6, 6.07) is 9.04. The number of anilines is 2. The fourth-order valence-electron chi connectivity index (χ4n) is 3.55. The van der Waals surface area contributed by atoms with Crippen LogP contribution in [0.1, 0.15) is 47.6 Å². The highest BCUT2D eigenvalue weighted by atomic mass is 32.1. The van der Waals surface area contributed by atoms with Crippen molar-refractivity contribution >= 4 is 22.3 Å². The Morgan fingerprint density at radius 3 is 3.00 bits per heavy atom. The van der Waals surface area contributed by atoms with Crippen molar-refractivity contribution in [2.24, 2.45) is 0 Å². The first kappa shape index (κ1) is 18.0. The van der Waals surface area contributed by atoms with Gasteiger partial charge < -0.3 is 5.32 Å². The van der Waals surface area contributed by atoms with Gasteiger partial charge in [0.05, 0.1) is 24.1 Å². The molecule has 6 nitrogen and oxygen atoms in total. The Morgan fingerprint density at radius 2 is 2.19 bits per heavy atom. The van der Waals surface area contributed by atoms with E-state index in [9.17, 15) is 0 Å². The molecule has 0 aliphatic carbocycles. The van der Waals surface area contributed by atoms with E-state index in [0.29, 0.717) is 6.04 Å². The lowest BCUT2D eigenvalue weighted by molar-refractivity contribution is 0.244. The highest BCUT2D eigenvalue weighted by Crippen LogP contribution is 2.32. The van der Waals surface area contributed by atoms with Crippen LogP contribution in [0.15, 0.2) is 36.7 Å². The predicted molar refractivity (Wildman–Crippen MR) is 108 cm³/mol. The molecular weight excluding hydrogens is 356 g/mol. The number of benzene rings is 1. The molecule has 0 bridgehead atoms. The monoisotopic (exact) mass is 380 g/mol. The molecule has 1 unspecified atom stereocenters. The van der Waals surface area contributed by atoms with Gasteiger partial charge in [0.25, 0.3) is 0 Å². The van der Waals surface area contributed by atoms with E-state index >= 15 is 0 Å². The van der Waals surface area contributed by atoms with Crippen LogP contribution in [-0.4, -0.2) is 31.6 Å². The first-order valence-corrected chi connectivity index (χ1v) is 10.2. The Balaban J connectivity index is 1.50. The zero-order valence-corrected chi connectivity index (χ0v) is 16.5. The molecule has 1 aromatic carbocycles. The largest absolute Gasteiger partial charge is 0.313 e. The molecule has 3 aromatic rings. The van der Waals surface area contributed by atoms with Crippen molar-refractivity contribution in [3.05, 3.63) is 58.5 Å². The zero-order valence-electron chi connectivity index (χ0n) is 15.7. The maximum Gasteiger partial charge on any atom is 0.211 e. The average molecular weight is 381 g/mol. The first-order valence-electron chi connectivity index (χ1n) is 9.42. The summed E-state index contributed by atoms with van der Waals surface area (Å²) in [6.07, 6.45) is 6.83. The van der Waals surface area contributed by atoms with E-state index in [1.165, 1.54) is 17.5 Å². The summed E-state index contributed by atoms with van der Waals surface area (Å²) < 4.78 is 0. The van der Waals surface area contributed by atoms with Gasteiger partial charge in [-0.05, 0) is 38.3 Å². The van der Waals surface area contributed by atoms with E-state index in [-0.39, 0.29) is 0 Å². The van der Waals surface area contributed by atoms with Crippen molar-refractivity contribution in [2.75, 3.05) is 11.9 Å². The smallest absolute Gasteiger partial charge is 0.211 e. The Hall–Kier alpha value is -2.38. The van der Waals surface area contributed by atoms with Crippen LogP contribution in [0, 0.1) is 6.92 Å². The summed E-state index contributed by atoms with van der Waals surface area (Å²) in [6.45, 7) is 6.26. The third kappa shape index (κ3) is 4.31. The number of likely N-dealkylation sites (tertiary alicyclic amines) is 1. The van der Waals surface area contributed by atoms with Gasteiger partial charge in [0.1, 0.15) is 5.01 Å². The lowest BCUT2D eigenvalue weighted by atomic mass is 10.1. The highest BCUT2D eigenvalue weighted by molar-refractivity contribution is 7.15. The second-order valence-corrected chi connectivity index (χ2v) is 7.99. The molecule has 27 heavy (non-hydrogen) atoms. The lowest BCUT2D eigenvalue weighted by Crippen LogP contribution is -2.23. The van der Waals surface area contributed by atoms with E-state index in [0.717, 1.165) is 47.6 Å². The molecule has 2 aromatic heterocycles. The fraction of sp³-hybridized carbons (Fsp3) is 0.400. The van der Waals surface area contributed by atoms with Crippen molar-refractivity contribution in [3.63, 3.8) is 0 Å². The third-order valence-corrected chi connectivity index (χ3v) is 5.81. The highest BCUT2D eigenvalue weighted by Gasteiger charge is 2.27. The SMILES string of the molecule is CCc1nnc(Nc2cncc(C3CCCN3Cc3cccc(C)c3)n2)s1. The maximum absolute atomic E-state index is 4.82. The molecule has 7 heteroatoms. The first-order chi connectivity index (χ1) is 13.2.